The topological polar surface area (TPSA) is 94.3 Å². The number of rotatable bonds is 5. The molecule has 0 aliphatic heterocycles. The Labute approximate surface area is 121 Å². The van der Waals surface area contributed by atoms with Crippen LogP contribution in [0.4, 0.5) is 10.8 Å². The number of nitrogen functional groups attached to an aromatic ring is 1. The van der Waals surface area contributed by atoms with Crippen LogP contribution in [0.3, 0.4) is 0 Å². The van der Waals surface area contributed by atoms with Crippen molar-refractivity contribution in [2.45, 2.75) is 17.7 Å². The van der Waals surface area contributed by atoms with Gasteiger partial charge in [0.25, 0.3) is 10.0 Å². The van der Waals surface area contributed by atoms with Gasteiger partial charge in [-0.3, -0.25) is 4.72 Å². The van der Waals surface area contributed by atoms with E-state index in [2.05, 4.69) is 9.71 Å². The molecule has 8 heteroatoms. The van der Waals surface area contributed by atoms with Crippen molar-refractivity contribution >= 4 is 32.2 Å². The predicted molar refractivity (Wildman–Crippen MR) is 79.2 cm³/mol. The summed E-state index contributed by atoms with van der Waals surface area (Å²) in [6.07, 6.45) is 0. The van der Waals surface area contributed by atoms with Gasteiger partial charge >= 0.3 is 0 Å². The molecular formula is C12H15N3O3S2. The van der Waals surface area contributed by atoms with Gasteiger partial charge in [0, 0.05) is 12.7 Å². The second-order valence-electron chi connectivity index (χ2n) is 4.12. The average Bonchev–Trinajstić information content (AvgIpc) is 2.72. The van der Waals surface area contributed by atoms with Crippen molar-refractivity contribution in [3.8, 4) is 0 Å². The molecule has 1 aromatic heterocycles. The van der Waals surface area contributed by atoms with Crippen molar-refractivity contribution in [2.24, 2.45) is 0 Å². The Balaban J connectivity index is 2.36. The van der Waals surface area contributed by atoms with Crippen LogP contribution >= 0.6 is 11.3 Å². The van der Waals surface area contributed by atoms with E-state index in [1.165, 1.54) is 0 Å². The molecule has 1 heterocycles. The molecule has 3 N–H and O–H groups in total. The largest absolute Gasteiger partial charge is 0.380 e. The number of nitrogens with zero attached hydrogens (tertiary/aromatic N) is 1. The fourth-order valence-electron chi connectivity index (χ4n) is 1.74. The summed E-state index contributed by atoms with van der Waals surface area (Å²) >= 11 is 0.945. The van der Waals surface area contributed by atoms with Gasteiger partial charge in [-0.1, -0.05) is 29.5 Å². The van der Waals surface area contributed by atoms with Crippen molar-refractivity contribution in [1.82, 2.24) is 4.98 Å². The van der Waals surface area contributed by atoms with E-state index < -0.39 is 10.0 Å². The molecule has 0 fully saturated rings. The molecule has 0 amide bonds. The first-order chi connectivity index (χ1) is 9.44. The first-order valence-electron chi connectivity index (χ1n) is 5.76. The van der Waals surface area contributed by atoms with E-state index in [0.29, 0.717) is 18.0 Å². The average molecular weight is 313 g/mol. The summed E-state index contributed by atoms with van der Waals surface area (Å²) in [5, 5.41) is 0.230. The highest BCUT2D eigenvalue weighted by Gasteiger charge is 2.22. The fourth-order valence-corrected chi connectivity index (χ4v) is 4.15. The Morgan fingerprint density at radius 1 is 1.40 bits per heavy atom. The molecule has 0 bridgehead atoms. The second-order valence-corrected chi connectivity index (χ2v) is 7.03. The number of methoxy groups -OCH3 is 1. The summed E-state index contributed by atoms with van der Waals surface area (Å²) in [6.45, 7) is 1.94. The molecule has 108 valence electrons. The summed E-state index contributed by atoms with van der Waals surface area (Å²) in [5.41, 5.74) is 7.18. The first kappa shape index (κ1) is 14.8. The highest BCUT2D eigenvalue weighted by Crippen LogP contribution is 2.28. The molecule has 6 nitrogen and oxygen atoms in total. The SMILES string of the molecule is COCc1ccccc1NS(=O)(=O)c1sc(N)nc1C. The lowest BCUT2D eigenvalue weighted by atomic mass is 10.2. The van der Waals surface area contributed by atoms with E-state index >= 15 is 0 Å². The molecule has 0 saturated carbocycles. The molecule has 2 rings (SSSR count). The number of benzene rings is 1. The summed E-state index contributed by atoms with van der Waals surface area (Å²) < 4.78 is 32.4. The second kappa shape index (κ2) is 5.78. The molecule has 0 spiro atoms. The van der Waals surface area contributed by atoms with E-state index in [1.807, 2.05) is 6.07 Å². The molecule has 0 aliphatic carbocycles. The van der Waals surface area contributed by atoms with E-state index in [9.17, 15) is 8.42 Å². The number of para-hydroxylation sites is 1. The zero-order valence-corrected chi connectivity index (χ0v) is 12.7. The molecule has 2 aromatic rings. The maximum absolute atomic E-state index is 12.4. The van der Waals surface area contributed by atoms with Gasteiger partial charge in [-0.05, 0) is 13.0 Å². The lowest BCUT2D eigenvalue weighted by molar-refractivity contribution is 0.185. The number of aryl methyl sites for hydroxylation is 1. The number of sulfonamides is 1. The summed E-state index contributed by atoms with van der Waals surface area (Å²) in [5.74, 6) is 0. The third-order valence-electron chi connectivity index (χ3n) is 2.58. The number of aromatic nitrogens is 1. The lowest BCUT2D eigenvalue weighted by Gasteiger charge is -2.11. The van der Waals surface area contributed by atoms with Crippen molar-refractivity contribution in [2.75, 3.05) is 17.6 Å². The van der Waals surface area contributed by atoms with Crippen LogP contribution in [0.2, 0.25) is 0 Å². The van der Waals surface area contributed by atoms with Crippen molar-refractivity contribution in [1.29, 1.82) is 0 Å². The zero-order chi connectivity index (χ0) is 14.8. The maximum atomic E-state index is 12.4. The van der Waals surface area contributed by atoms with Gasteiger partial charge in [0.1, 0.15) is 0 Å². The molecule has 0 radical (unpaired) electrons. The van der Waals surface area contributed by atoms with Crippen molar-refractivity contribution < 1.29 is 13.2 Å². The van der Waals surface area contributed by atoms with Crippen LogP contribution in [0.15, 0.2) is 28.5 Å². The third-order valence-corrected chi connectivity index (χ3v) is 5.54. The Kier molecular flexibility index (Phi) is 4.26. The minimum Gasteiger partial charge on any atom is -0.380 e. The van der Waals surface area contributed by atoms with Crippen molar-refractivity contribution in [3.63, 3.8) is 0 Å². The van der Waals surface area contributed by atoms with Crippen LogP contribution in [0.5, 0.6) is 0 Å². The number of hydrogen-bond donors (Lipinski definition) is 2. The van der Waals surface area contributed by atoms with Crippen LogP contribution in [0, 0.1) is 6.92 Å². The molecule has 20 heavy (non-hydrogen) atoms. The molecule has 1 aromatic carbocycles. The Hall–Kier alpha value is -1.64. The molecular weight excluding hydrogens is 298 g/mol. The van der Waals surface area contributed by atoms with Gasteiger partial charge in [-0.2, -0.15) is 0 Å². The Morgan fingerprint density at radius 3 is 2.70 bits per heavy atom. The van der Waals surface area contributed by atoms with E-state index in [0.717, 1.165) is 16.9 Å². The quantitative estimate of drug-likeness (QED) is 0.880. The van der Waals surface area contributed by atoms with Crippen LogP contribution in [-0.2, 0) is 21.4 Å². The zero-order valence-electron chi connectivity index (χ0n) is 11.1. The maximum Gasteiger partial charge on any atom is 0.273 e. The van der Waals surface area contributed by atoms with Crippen LogP contribution < -0.4 is 10.5 Å². The number of anilines is 2. The van der Waals surface area contributed by atoms with Gasteiger partial charge in [0.2, 0.25) is 0 Å². The highest BCUT2D eigenvalue weighted by molar-refractivity contribution is 7.94. The minimum atomic E-state index is -3.69. The lowest BCUT2D eigenvalue weighted by Crippen LogP contribution is -2.14. The van der Waals surface area contributed by atoms with E-state index in [-0.39, 0.29) is 9.34 Å². The number of nitrogens with two attached hydrogens (primary N) is 1. The Morgan fingerprint density at radius 2 is 2.10 bits per heavy atom. The summed E-state index contributed by atoms with van der Waals surface area (Å²) in [6, 6.07) is 7.06. The predicted octanol–water partition coefficient (Wildman–Crippen LogP) is 1.98. The number of hydrogen-bond acceptors (Lipinski definition) is 6. The molecule has 0 unspecified atom stereocenters. The van der Waals surface area contributed by atoms with Gasteiger partial charge in [-0.25, -0.2) is 13.4 Å². The third kappa shape index (κ3) is 3.09. The minimum absolute atomic E-state index is 0.127. The summed E-state index contributed by atoms with van der Waals surface area (Å²) in [4.78, 5) is 3.93. The summed E-state index contributed by atoms with van der Waals surface area (Å²) in [7, 11) is -2.14. The normalized spacial score (nSPS) is 11.5. The number of nitrogens with one attached hydrogen (secondary N) is 1. The number of ether oxygens (including phenoxy) is 1. The van der Waals surface area contributed by atoms with Gasteiger partial charge < -0.3 is 10.5 Å². The first-order valence-corrected chi connectivity index (χ1v) is 8.06. The van der Waals surface area contributed by atoms with E-state index in [1.54, 1.807) is 32.2 Å². The number of thiazole rings is 1. The standard InChI is InChI=1S/C12H15N3O3S2/c1-8-11(19-12(13)14-8)20(16,17)15-10-6-4-3-5-9(10)7-18-2/h3-6,15H,7H2,1-2H3,(H2,13,14). The van der Waals surface area contributed by atoms with Crippen LogP contribution in [0.1, 0.15) is 11.3 Å². The monoisotopic (exact) mass is 313 g/mol. The Bertz CT molecular complexity index is 710. The van der Waals surface area contributed by atoms with Gasteiger partial charge in [0.15, 0.2) is 9.34 Å². The van der Waals surface area contributed by atoms with Crippen LogP contribution in [0.25, 0.3) is 0 Å². The fraction of sp³-hybridized carbons (Fsp3) is 0.250. The molecule has 0 aliphatic rings. The molecule has 0 atom stereocenters. The highest BCUT2D eigenvalue weighted by atomic mass is 32.2. The van der Waals surface area contributed by atoms with E-state index in [4.69, 9.17) is 10.5 Å². The van der Waals surface area contributed by atoms with Crippen LogP contribution in [-0.4, -0.2) is 20.5 Å². The van der Waals surface area contributed by atoms with Gasteiger partial charge in [-0.15, -0.1) is 0 Å². The smallest absolute Gasteiger partial charge is 0.273 e. The van der Waals surface area contributed by atoms with Crippen molar-refractivity contribution in [3.05, 3.63) is 35.5 Å². The molecule has 0 saturated heterocycles. The van der Waals surface area contributed by atoms with Gasteiger partial charge in [0.05, 0.1) is 18.0 Å².